The van der Waals surface area contributed by atoms with E-state index >= 15 is 0 Å². The van der Waals surface area contributed by atoms with Gasteiger partial charge in [-0.15, -0.1) is 11.3 Å². The number of rotatable bonds is 3. The molecule has 102 valence electrons. The number of hydrogen-bond donors (Lipinski definition) is 1. The number of fused-ring (bicyclic) bond motifs is 1. The Morgan fingerprint density at radius 3 is 2.85 bits per heavy atom. The van der Waals surface area contributed by atoms with Crippen molar-refractivity contribution in [2.24, 2.45) is 0 Å². The van der Waals surface area contributed by atoms with Crippen molar-refractivity contribution in [3.05, 3.63) is 28.7 Å². The van der Waals surface area contributed by atoms with Gasteiger partial charge >= 0.3 is 5.97 Å². The molecule has 0 spiro atoms. The summed E-state index contributed by atoms with van der Waals surface area (Å²) in [4.78, 5) is 24.7. The predicted molar refractivity (Wildman–Crippen MR) is 74.5 cm³/mol. The number of aromatic carboxylic acids is 1. The topological polar surface area (TPSA) is 89.1 Å². The van der Waals surface area contributed by atoms with Crippen LogP contribution in [0.1, 0.15) is 20.9 Å². The molecular formula is C12H9N3O3S2. The first-order chi connectivity index (χ1) is 9.56. The lowest BCUT2D eigenvalue weighted by Gasteiger charge is -1.99. The summed E-state index contributed by atoms with van der Waals surface area (Å²) in [6.07, 6.45) is 2.98. The van der Waals surface area contributed by atoms with Crippen LogP contribution in [-0.2, 0) is 0 Å². The molecule has 0 amide bonds. The summed E-state index contributed by atoms with van der Waals surface area (Å²) in [6, 6.07) is 0. The molecule has 3 aromatic heterocycles. The minimum absolute atomic E-state index is 0.283. The number of thiophene rings is 1. The van der Waals surface area contributed by atoms with Crippen LogP contribution < -0.4 is 0 Å². The molecule has 6 nitrogen and oxygen atoms in total. The van der Waals surface area contributed by atoms with Gasteiger partial charge in [0, 0.05) is 5.39 Å². The standard InChI is InChI=1S/C12H9N3O3S2/c1-5-3-18-12(15-5)20-10-7-6(2)8(11(16)17)19-9(7)13-4-14-10/h3-4H,1-2H3,(H,16,17). The molecule has 0 aromatic carbocycles. The van der Waals surface area contributed by atoms with E-state index in [-0.39, 0.29) is 4.88 Å². The number of hydrogen-bond acceptors (Lipinski definition) is 7. The summed E-state index contributed by atoms with van der Waals surface area (Å²) >= 11 is 2.41. The third-order valence-electron chi connectivity index (χ3n) is 2.67. The van der Waals surface area contributed by atoms with Crippen LogP contribution in [0.5, 0.6) is 0 Å². The quantitative estimate of drug-likeness (QED) is 0.743. The highest BCUT2D eigenvalue weighted by molar-refractivity contribution is 7.99. The fraction of sp³-hybridized carbons (Fsp3) is 0.167. The number of aromatic nitrogens is 3. The average Bonchev–Trinajstić information content (AvgIpc) is 2.95. The van der Waals surface area contributed by atoms with Crippen LogP contribution in [0.3, 0.4) is 0 Å². The van der Waals surface area contributed by atoms with Gasteiger partial charge in [0.1, 0.15) is 27.3 Å². The molecule has 1 N–H and O–H groups in total. The second-order valence-electron chi connectivity index (χ2n) is 4.08. The Morgan fingerprint density at radius 2 is 2.20 bits per heavy atom. The van der Waals surface area contributed by atoms with Gasteiger partial charge in [-0.3, -0.25) is 0 Å². The van der Waals surface area contributed by atoms with Gasteiger partial charge in [0.15, 0.2) is 0 Å². The summed E-state index contributed by atoms with van der Waals surface area (Å²) in [5.41, 5.74) is 1.45. The van der Waals surface area contributed by atoms with Crippen molar-refractivity contribution in [3.8, 4) is 0 Å². The summed E-state index contributed by atoms with van der Waals surface area (Å²) in [5, 5.41) is 11.0. The van der Waals surface area contributed by atoms with Crippen molar-refractivity contribution in [3.63, 3.8) is 0 Å². The maximum Gasteiger partial charge on any atom is 0.346 e. The zero-order chi connectivity index (χ0) is 14.3. The molecule has 0 saturated carbocycles. The van der Waals surface area contributed by atoms with E-state index in [1.54, 1.807) is 13.2 Å². The lowest BCUT2D eigenvalue weighted by atomic mass is 10.2. The van der Waals surface area contributed by atoms with Crippen molar-refractivity contribution in [2.75, 3.05) is 0 Å². The van der Waals surface area contributed by atoms with Gasteiger partial charge in [-0.05, 0) is 31.2 Å². The highest BCUT2D eigenvalue weighted by atomic mass is 32.2. The minimum atomic E-state index is -0.951. The maximum atomic E-state index is 11.2. The van der Waals surface area contributed by atoms with Crippen molar-refractivity contribution >= 4 is 39.3 Å². The van der Waals surface area contributed by atoms with Crippen LogP contribution in [0.25, 0.3) is 10.2 Å². The monoisotopic (exact) mass is 307 g/mol. The lowest BCUT2D eigenvalue weighted by Crippen LogP contribution is -1.94. The second kappa shape index (κ2) is 4.88. The van der Waals surface area contributed by atoms with E-state index in [1.165, 1.54) is 18.1 Å². The molecule has 8 heteroatoms. The molecule has 0 fully saturated rings. The molecule has 0 saturated heterocycles. The Kier molecular flexibility index (Phi) is 3.19. The van der Waals surface area contributed by atoms with E-state index in [0.29, 0.717) is 20.6 Å². The highest BCUT2D eigenvalue weighted by Crippen LogP contribution is 2.37. The number of aryl methyl sites for hydroxylation is 2. The fourth-order valence-electron chi connectivity index (χ4n) is 1.78. The van der Waals surface area contributed by atoms with Gasteiger partial charge in [0.2, 0.25) is 0 Å². The van der Waals surface area contributed by atoms with Crippen molar-refractivity contribution in [2.45, 2.75) is 24.1 Å². The van der Waals surface area contributed by atoms with Crippen LogP contribution >= 0.6 is 23.1 Å². The van der Waals surface area contributed by atoms with E-state index in [1.807, 2.05) is 6.92 Å². The van der Waals surface area contributed by atoms with Gasteiger partial charge in [0.25, 0.3) is 5.22 Å². The summed E-state index contributed by atoms with van der Waals surface area (Å²) < 4.78 is 5.29. The van der Waals surface area contributed by atoms with Gasteiger partial charge in [-0.2, -0.15) is 0 Å². The molecule has 20 heavy (non-hydrogen) atoms. The van der Waals surface area contributed by atoms with Crippen LogP contribution in [0.2, 0.25) is 0 Å². The molecule has 0 radical (unpaired) electrons. The van der Waals surface area contributed by atoms with Gasteiger partial charge < -0.3 is 9.52 Å². The Hall–Kier alpha value is -1.93. The zero-order valence-electron chi connectivity index (χ0n) is 10.6. The van der Waals surface area contributed by atoms with Gasteiger partial charge in [0.05, 0.1) is 5.69 Å². The Bertz CT molecular complexity index is 809. The van der Waals surface area contributed by atoms with Gasteiger partial charge in [-0.25, -0.2) is 19.7 Å². The van der Waals surface area contributed by atoms with Crippen LogP contribution in [0.4, 0.5) is 0 Å². The SMILES string of the molecule is Cc1coc(Sc2ncnc3sc(C(=O)O)c(C)c23)n1. The van der Waals surface area contributed by atoms with Crippen LogP contribution in [-0.4, -0.2) is 26.0 Å². The average molecular weight is 307 g/mol. The second-order valence-corrected chi connectivity index (χ2v) is 6.02. The molecule has 0 aliphatic rings. The molecule has 3 aromatic rings. The summed E-state index contributed by atoms with van der Waals surface area (Å²) in [7, 11) is 0. The summed E-state index contributed by atoms with van der Waals surface area (Å²) in [5.74, 6) is -0.951. The Labute approximate surface area is 121 Å². The van der Waals surface area contributed by atoms with E-state index in [2.05, 4.69) is 15.0 Å². The molecule has 0 unspecified atom stereocenters. The smallest absolute Gasteiger partial charge is 0.346 e. The van der Waals surface area contributed by atoms with Gasteiger partial charge in [-0.1, -0.05) is 0 Å². The molecule has 3 rings (SSSR count). The summed E-state index contributed by atoms with van der Waals surface area (Å²) in [6.45, 7) is 3.60. The fourth-order valence-corrected chi connectivity index (χ4v) is 3.74. The third-order valence-corrected chi connectivity index (χ3v) is 4.72. The number of nitrogens with zero attached hydrogens (tertiary/aromatic N) is 3. The lowest BCUT2D eigenvalue weighted by molar-refractivity contribution is 0.0701. The van der Waals surface area contributed by atoms with Crippen molar-refractivity contribution in [1.82, 2.24) is 15.0 Å². The van der Waals surface area contributed by atoms with Crippen LogP contribution in [0.15, 0.2) is 27.3 Å². The molecule has 0 bridgehead atoms. The highest BCUT2D eigenvalue weighted by Gasteiger charge is 2.19. The first-order valence-corrected chi connectivity index (χ1v) is 7.27. The Balaban J connectivity index is 2.13. The molecule has 0 aliphatic carbocycles. The minimum Gasteiger partial charge on any atom is -0.477 e. The molecule has 3 heterocycles. The number of carbonyl (C=O) groups is 1. The Morgan fingerprint density at radius 1 is 1.40 bits per heavy atom. The van der Waals surface area contributed by atoms with E-state index in [0.717, 1.165) is 22.4 Å². The normalized spacial score (nSPS) is 11.1. The number of carboxylic acid groups (broad SMARTS) is 1. The van der Waals surface area contributed by atoms with Crippen molar-refractivity contribution in [1.29, 1.82) is 0 Å². The van der Waals surface area contributed by atoms with E-state index in [9.17, 15) is 9.90 Å². The molecule has 0 atom stereocenters. The first kappa shape index (κ1) is 13.1. The number of carboxylic acids is 1. The first-order valence-electron chi connectivity index (χ1n) is 5.63. The largest absolute Gasteiger partial charge is 0.477 e. The maximum absolute atomic E-state index is 11.2. The zero-order valence-corrected chi connectivity index (χ0v) is 12.2. The molecule has 0 aliphatic heterocycles. The number of oxazole rings is 1. The van der Waals surface area contributed by atoms with E-state index < -0.39 is 5.97 Å². The van der Waals surface area contributed by atoms with Crippen molar-refractivity contribution < 1.29 is 14.3 Å². The predicted octanol–water partition coefficient (Wildman–Crippen LogP) is 3.15. The van der Waals surface area contributed by atoms with E-state index in [4.69, 9.17) is 4.42 Å². The van der Waals surface area contributed by atoms with Crippen LogP contribution in [0, 0.1) is 13.8 Å². The third kappa shape index (κ3) is 2.16. The molecular weight excluding hydrogens is 298 g/mol.